The monoisotopic (exact) mass is 417 g/mol. The lowest BCUT2D eigenvalue weighted by Crippen LogP contribution is -2.33. The van der Waals surface area contributed by atoms with Gasteiger partial charge in [0.05, 0.1) is 12.5 Å². The van der Waals surface area contributed by atoms with E-state index in [0.717, 1.165) is 34.4 Å². The second-order valence-electron chi connectivity index (χ2n) is 7.39. The molecular formula is C25H27N3O3. The largest absolute Gasteiger partial charge is 0.461 e. The molecule has 1 heterocycles. The predicted octanol–water partition coefficient (Wildman–Crippen LogP) is 4.68. The van der Waals surface area contributed by atoms with E-state index in [9.17, 15) is 9.59 Å². The van der Waals surface area contributed by atoms with Crippen molar-refractivity contribution in [2.45, 2.75) is 39.2 Å². The lowest BCUT2D eigenvalue weighted by molar-refractivity contribution is -0.132. The Balaban J connectivity index is 1.64. The number of fused-ring (bicyclic) bond motifs is 1. The van der Waals surface area contributed by atoms with Crippen LogP contribution in [-0.2, 0) is 22.6 Å². The summed E-state index contributed by atoms with van der Waals surface area (Å²) >= 11 is 0. The molecule has 0 atom stereocenters. The number of carbonyl (C=O) groups is 2. The quantitative estimate of drug-likeness (QED) is 0.506. The van der Waals surface area contributed by atoms with Crippen molar-refractivity contribution in [2.24, 2.45) is 0 Å². The van der Waals surface area contributed by atoms with Crippen LogP contribution in [0, 0.1) is 11.3 Å². The SMILES string of the molecule is CCc1oc2ccccc2c1CN(C)C(=O)CCC(=O)N(CCC#N)c1ccccc1. The van der Waals surface area contributed by atoms with E-state index in [1.54, 1.807) is 16.8 Å². The van der Waals surface area contributed by atoms with Crippen molar-refractivity contribution in [2.75, 3.05) is 18.5 Å². The fraction of sp³-hybridized carbons (Fsp3) is 0.320. The van der Waals surface area contributed by atoms with Crippen LogP contribution in [0.15, 0.2) is 59.0 Å². The second-order valence-corrected chi connectivity index (χ2v) is 7.39. The molecule has 2 amide bonds. The van der Waals surface area contributed by atoms with Crippen molar-refractivity contribution < 1.29 is 14.0 Å². The zero-order valence-electron chi connectivity index (χ0n) is 18.0. The molecule has 31 heavy (non-hydrogen) atoms. The molecule has 0 aliphatic rings. The molecule has 0 unspecified atom stereocenters. The summed E-state index contributed by atoms with van der Waals surface area (Å²) in [6.07, 6.45) is 1.19. The average molecular weight is 418 g/mol. The minimum atomic E-state index is -0.161. The van der Waals surface area contributed by atoms with E-state index in [4.69, 9.17) is 9.68 Å². The van der Waals surface area contributed by atoms with Crippen LogP contribution in [0.2, 0.25) is 0 Å². The summed E-state index contributed by atoms with van der Waals surface area (Å²) < 4.78 is 5.92. The highest BCUT2D eigenvalue weighted by Gasteiger charge is 2.20. The molecular weight excluding hydrogens is 390 g/mol. The predicted molar refractivity (Wildman–Crippen MR) is 120 cm³/mol. The first kappa shape index (κ1) is 22.1. The molecule has 3 rings (SSSR count). The first-order chi connectivity index (χ1) is 15.0. The number of nitrogens with zero attached hydrogens (tertiary/aromatic N) is 3. The number of amides is 2. The standard InChI is InChI=1S/C25H27N3O3/c1-3-22-21(20-12-7-8-13-23(20)31-22)18-27(2)24(29)14-15-25(30)28(17-9-16-26)19-10-5-4-6-11-19/h4-8,10-13H,3,9,14-15,17-18H2,1-2H3. The topological polar surface area (TPSA) is 77.6 Å². The van der Waals surface area contributed by atoms with Gasteiger partial charge in [0.1, 0.15) is 11.3 Å². The molecule has 0 N–H and O–H groups in total. The zero-order valence-corrected chi connectivity index (χ0v) is 18.0. The van der Waals surface area contributed by atoms with Gasteiger partial charge in [-0.1, -0.05) is 43.3 Å². The molecule has 6 nitrogen and oxygen atoms in total. The van der Waals surface area contributed by atoms with Gasteiger partial charge in [0.2, 0.25) is 11.8 Å². The molecule has 0 saturated carbocycles. The van der Waals surface area contributed by atoms with Gasteiger partial charge in [-0.3, -0.25) is 9.59 Å². The van der Waals surface area contributed by atoms with Crippen molar-refractivity contribution in [1.29, 1.82) is 5.26 Å². The number of hydrogen-bond acceptors (Lipinski definition) is 4. The van der Waals surface area contributed by atoms with Crippen LogP contribution in [0.5, 0.6) is 0 Å². The third-order valence-corrected chi connectivity index (χ3v) is 5.29. The van der Waals surface area contributed by atoms with Crippen molar-refractivity contribution in [1.82, 2.24) is 4.90 Å². The molecule has 0 spiro atoms. The van der Waals surface area contributed by atoms with Crippen molar-refractivity contribution in [3.05, 3.63) is 65.9 Å². The highest BCUT2D eigenvalue weighted by Crippen LogP contribution is 2.27. The van der Waals surface area contributed by atoms with E-state index in [1.807, 2.05) is 61.5 Å². The number of benzene rings is 2. The van der Waals surface area contributed by atoms with Gasteiger partial charge < -0.3 is 14.2 Å². The Morgan fingerprint density at radius 2 is 1.68 bits per heavy atom. The smallest absolute Gasteiger partial charge is 0.227 e. The van der Waals surface area contributed by atoms with Crippen LogP contribution in [0.4, 0.5) is 5.69 Å². The molecule has 0 radical (unpaired) electrons. The van der Waals surface area contributed by atoms with E-state index < -0.39 is 0 Å². The van der Waals surface area contributed by atoms with Gasteiger partial charge in [-0.05, 0) is 18.2 Å². The summed E-state index contributed by atoms with van der Waals surface area (Å²) in [5.41, 5.74) is 2.57. The van der Waals surface area contributed by atoms with Crippen LogP contribution in [-0.4, -0.2) is 30.3 Å². The Bertz CT molecular complexity index is 1080. The zero-order chi connectivity index (χ0) is 22.2. The van der Waals surface area contributed by atoms with Gasteiger partial charge in [0.15, 0.2) is 0 Å². The molecule has 160 valence electrons. The van der Waals surface area contributed by atoms with E-state index in [-0.39, 0.29) is 31.1 Å². The summed E-state index contributed by atoms with van der Waals surface area (Å²) in [5.74, 6) is 0.615. The maximum absolute atomic E-state index is 12.8. The number of carbonyl (C=O) groups excluding carboxylic acids is 2. The van der Waals surface area contributed by atoms with Gasteiger partial charge >= 0.3 is 0 Å². The summed E-state index contributed by atoms with van der Waals surface area (Å²) in [6, 6.07) is 19.1. The molecule has 2 aromatic carbocycles. The maximum atomic E-state index is 12.8. The lowest BCUT2D eigenvalue weighted by Gasteiger charge is -2.22. The van der Waals surface area contributed by atoms with Crippen LogP contribution >= 0.6 is 0 Å². The molecule has 0 saturated heterocycles. The van der Waals surface area contributed by atoms with Gasteiger partial charge in [-0.25, -0.2) is 0 Å². The van der Waals surface area contributed by atoms with E-state index in [0.29, 0.717) is 13.1 Å². The number of nitriles is 1. The third kappa shape index (κ3) is 5.32. The van der Waals surface area contributed by atoms with E-state index >= 15 is 0 Å². The first-order valence-electron chi connectivity index (χ1n) is 10.5. The fourth-order valence-electron chi connectivity index (χ4n) is 3.64. The summed E-state index contributed by atoms with van der Waals surface area (Å²) in [7, 11) is 1.75. The van der Waals surface area contributed by atoms with Gasteiger partial charge in [-0.2, -0.15) is 5.26 Å². The number of rotatable bonds is 9. The van der Waals surface area contributed by atoms with Crippen molar-refractivity contribution in [3.8, 4) is 6.07 Å². The number of furan rings is 1. The van der Waals surface area contributed by atoms with Gasteiger partial charge in [0.25, 0.3) is 0 Å². The second kappa shape index (κ2) is 10.4. The fourth-order valence-corrected chi connectivity index (χ4v) is 3.64. The van der Waals surface area contributed by atoms with Crippen molar-refractivity contribution >= 4 is 28.5 Å². The van der Waals surface area contributed by atoms with Crippen LogP contribution in [0.1, 0.15) is 37.5 Å². The van der Waals surface area contributed by atoms with Gasteiger partial charge in [0, 0.05) is 56.0 Å². The maximum Gasteiger partial charge on any atom is 0.227 e. The molecule has 1 aromatic heterocycles. The number of para-hydroxylation sites is 2. The molecule has 0 bridgehead atoms. The number of hydrogen-bond donors (Lipinski definition) is 0. The van der Waals surface area contributed by atoms with E-state index in [1.165, 1.54) is 0 Å². The minimum Gasteiger partial charge on any atom is -0.461 e. The van der Waals surface area contributed by atoms with Crippen LogP contribution < -0.4 is 4.90 Å². The normalized spacial score (nSPS) is 10.6. The van der Waals surface area contributed by atoms with Crippen LogP contribution in [0.3, 0.4) is 0 Å². The summed E-state index contributed by atoms with van der Waals surface area (Å²) in [4.78, 5) is 28.8. The number of anilines is 1. The average Bonchev–Trinajstić information content (AvgIpc) is 3.15. The Kier molecular flexibility index (Phi) is 7.45. The Morgan fingerprint density at radius 3 is 2.39 bits per heavy atom. The summed E-state index contributed by atoms with van der Waals surface area (Å²) in [5, 5.41) is 9.93. The Hall–Kier alpha value is -3.59. The minimum absolute atomic E-state index is 0.0935. The molecule has 3 aromatic rings. The highest BCUT2D eigenvalue weighted by atomic mass is 16.3. The number of aryl methyl sites for hydroxylation is 1. The Labute approximate surface area is 182 Å². The van der Waals surface area contributed by atoms with Crippen LogP contribution in [0.25, 0.3) is 11.0 Å². The van der Waals surface area contributed by atoms with Crippen molar-refractivity contribution in [3.63, 3.8) is 0 Å². The summed E-state index contributed by atoms with van der Waals surface area (Å²) in [6.45, 7) is 2.77. The molecule has 0 aliphatic carbocycles. The van der Waals surface area contributed by atoms with E-state index in [2.05, 4.69) is 6.07 Å². The molecule has 0 aliphatic heterocycles. The lowest BCUT2D eigenvalue weighted by atomic mass is 10.1. The molecule has 0 fully saturated rings. The highest BCUT2D eigenvalue weighted by molar-refractivity contribution is 5.95. The Morgan fingerprint density at radius 1 is 1.00 bits per heavy atom. The first-order valence-corrected chi connectivity index (χ1v) is 10.5. The van der Waals surface area contributed by atoms with Gasteiger partial charge in [-0.15, -0.1) is 0 Å². The molecule has 6 heteroatoms. The third-order valence-electron chi connectivity index (χ3n) is 5.29.